The topological polar surface area (TPSA) is 85.4 Å². The summed E-state index contributed by atoms with van der Waals surface area (Å²) in [6.07, 6.45) is 0. The second-order valence-electron chi connectivity index (χ2n) is 5.74. The van der Waals surface area contributed by atoms with E-state index >= 15 is 0 Å². The van der Waals surface area contributed by atoms with Gasteiger partial charge < -0.3 is 9.73 Å². The van der Waals surface area contributed by atoms with Crippen LogP contribution in [0.1, 0.15) is 21.7 Å². The highest BCUT2D eigenvalue weighted by atomic mass is 16.6. The molecular weight excluding hydrogens is 320 g/mol. The Morgan fingerprint density at radius 2 is 1.88 bits per heavy atom. The van der Waals surface area contributed by atoms with Gasteiger partial charge in [0.2, 0.25) is 0 Å². The van der Waals surface area contributed by atoms with Crippen molar-refractivity contribution in [1.82, 2.24) is 0 Å². The maximum Gasteiger partial charge on any atom is 0.291 e. The number of nitrogens with zero attached hydrogens (tertiary/aromatic N) is 1. The molecule has 1 heterocycles. The predicted octanol–water partition coefficient (Wildman–Crippen LogP) is 4.72. The van der Waals surface area contributed by atoms with E-state index < -0.39 is 4.92 Å². The molecular formula is C19H16N2O4. The van der Waals surface area contributed by atoms with Crippen molar-refractivity contribution in [2.45, 2.75) is 13.8 Å². The Balaban J connectivity index is 1.83. The molecule has 0 bridgehead atoms. The highest BCUT2D eigenvalue weighted by molar-refractivity contribution is 6.03. The summed E-state index contributed by atoms with van der Waals surface area (Å²) < 4.78 is 5.57. The molecule has 25 heavy (non-hydrogen) atoms. The third-order valence-electron chi connectivity index (χ3n) is 3.81. The Labute approximate surface area is 144 Å². The molecule has 6 heteroatoms. The quantitative estimate of drug-likeness (QED) is 0.551. The highest BCUT2D eigenvalue weighted by Crippen LogP contribution is 2.26. The van der Waals surface area contributed by atoms with Crippen LogP contribution in [0.25, 0.3) is 11.3 Å². The number of aryl methyl sites for hydroxylation is 2. The zero-order valence-electron chi connectivity index (χ0n) is 13.8. The Morgan fingerprint density at radius 3 is 2.64 bits per heavy atom. The normalized spacial score (nSPS) is 10.5. The van der Waals surface area contributed by atoms with Gasteiger partial charge in [0.25, 0.3) is 11.6 Å². The number of furan rings is 1. The number of non-ortho nitro benzene ring substituents is 1. The van der Waals surface area contributed by atoms with Gasteiger partial charge in [0.15, 0.2) is 5.76 Å². The molecule has 1 aromatic heterocycles. The first-order valence-electron chi connectivity index (χ1n) is 7.67. The Bertz CT molecular complexity index is 960. The van der Waals surface area contributed by atoms with E-state index in [4.69, 9.17) is 4.42 Å². The second-order valence-corrected chi connectivity index (χ2v) is 5.74. The van der Waals surface area contributed by atoms with Gasteiger partial charge in [-0.05, 0) is 43.2 Å². The van der Waals surface area contributed by atoms with E-state index in [0.29, 0.717) is 11.3 Å². The van der Waals surface area contributed by atoms with Crippen LogP contribution in [-0.2, 0) is 0 Å². The molecule has 2 aromatic carbocycles. The number of amides is 1. The third kappa shape index (κ3) is 3.58. The molecule has 0 fully saturated rings. The van der Waals surface area contributed by atoms with Crippen molar-refractivity contribution in [3.05, 3.63) is 81.6 Å². The lowest BCUT2D eigenvalue weighted by molar-refractivity contribution is -0.384. The monoisotopic (exact) mass is 336 g/mol. The molecule has 0 atom stereocenters. The summed E-state index contributed by atoms with van der Waals surface area (Å²) in [7, 11) is 0. The maximum absolute atomic E-state index is 12.4. The van der Waals surface area contributed by atoms with Gasteiger partial charge in [-0.1, -0.05) is 24.3 Å². The van der Waals surface area contributed by atoms with Gasteiger partial charge in [-0.25, -0.2) is 0 Å². The molecule has 0 radical (unpaired) electrons. The SMILES string of the molecule is Cc1ccc(C)c(NC(=O)c2ccc(-c3cccc([N+](=O)[O-])c3)o2)c1. The summed E-state index contributed by atoms with van der Waals surface area (Å²) in [4.78, 5) is 22.8. The van der Waals surface area contributed by atoms with Gasteiger partial charge in [-0.15, -0.1) is 0 Å². The lowest BCUT2D eigenvalue weighted by Gasteiger charge is -2.08. The molecule has 3 rings (SSSR count). The summed E-state index contributed by atoms with van der Waals surface area (Å²) >= 11 is 0. The molecule has 0 aliphatic rings. The van der Waals surface area contributed by atoms with Crippen LogP contribution in [0.3, 0.4) is 0 Å². The minimum Gasteiger partial charge on any atom is -0.451 e. The van der Waals surface area contributed by atoms with E-state index in [1.807, 2.05) is 32.0 Å². The Morgan fingerprint density at radius 1 is 1.08 bits per heavy atom. The number of benzene rings is 2. The lowest BCUT2D eigenvalue weighted by Crippen LogP contribution is -2.11. The number of nitro benzene ring substituents is 1. The highest BCUT2D eigenvalue weighted by Gasteiger charge is 2.15. The molecule has 0 aliphatic heterocycles. The molecule has 0 aliphatic carbocycles. The van der Waals surface area contributed by atoms with Crippen LogP contribution in [0.15, 0.2) is 59.0 Å². The summed E-state index contributed by atoms with van der Waals surface area (Å²) in [5, 5.41) is 13.7. The van der Waals surface area contributed by atoms with Gasteiger partial charge in [0, 0.05) is 23.4 Å². The van der Waals surface area contributed by atoms with Crippen LogP contribution in [0.5, 0.6) is 0 Å². The average Bonchev–Trinajstić information content (AvgIpc) is 3.08. The smallest absolute Gasteiger partial charge is 0.291 e. The number of carbonyl (C=O) groups excluding carboxylic acids is 1. The summed E-state index contributed by atoms with van der Waals surface area (Å²) in [5.41, 5.74) is 3.22. The van der Waals surface area contributed by atoms with Gasteiger partial charge in [0.05, 0.1) is 4.92 Å². The summed E-state index contributed by atoms with van der Waals surface area (Å²) in [6.45, 7) is 3.86. The fourth-order valence-corrected chi connectivity index (χ4v) is 2.44. The van der Waals surface area contributed by atoms with Gasteiger partial charge in [0.1, 0.15) is 5.76 Å². The van der Waals surface area contributed by atoms with Crippen LogP contribution in [0, 0.1) is 24.0 Å². The molecule has 0 spiro atoms. The van der Waals surface area contributed by atoms with Crippen molar-refractivity contribution in [2.75, 3.05) is 5.32 Å². The third-order valence-corrected chi connectivity index (χ3v) is 3.81. The summed E-state index contributed by atoms with van der Waals surface area (Å²) in [6, 6.07) is 15.0. The van der Waals surface area contributed by atoms with Crippen LogP contribution < -0.4 is 5.32 Å². The van der Waals surface area contributed by atoms with E-state index in [1.165, 1.54) is 12.1 Å². The molecule has 0 saturated carbocycles. The van der Waals surface area contributed by atoms with Crippen LogP contribution >= 0.6 is 0 Å². The average molecular weight is 336 g/mol. The van der Waals surface area contributed by atoms with E-state index in [-0.39, 0.29) is 17.4 Å². The molecule has 0 saturated heterocycles. The number of rotatable bonds is 4. The fraction of sp³-hybridized carbons (Fsp3) is 0.105. The van der Waals surface area contributed by atoms with Crippen molar-refractivity contribution >= 4 is 17.3 Å². The van der Waals surface area contributed by atoms with E-state index in [9.17, 15) is 14.9 Å². The van der Waals surface area contributed by atoms with Crippen molar-refractivity contribution in [3.8, 4) is 11.3 Å². The number of carbonyl (C=O) groups is 1. The molecule has 6 nitrogen and oxygen atoms in total. The number of hydrogen-bond acceptors (Lipinski definition) is 4. The van der Waals surface area contributed by atoms with Crippen LogP contribution in [0.4, 0.5) is 11.4 Å². The van der Waals surface area contributed by atoms with E-state index in [0.717, 1.165) is 16.8 Å². The number of nitrogens with one attached hydrogen (secondary N) is 1. The molecule has 3 aromatic rings. The van der Waals surface area contributed by atoms with Crippen molar-refractivity contribution in [3.63, 3.8) is 0 Å². The zero-order valence-corrected chi connectivity index (χ0v) is 13.8. The molecule has 0 unspecified atom stereocenters. The van der Waals surface area contributed by atoms with E-state index in [2.05, 4.69) is 5.32 Å². The van der Waals surface area contributed by atoms with Crippen LogP contribution in [0.2, 0.25) is 0 Å². The maximum atomic E-state index is 12.4. The van der Waals surface area contributed by atoms with Crippen LogP contribution in [-0.4, -0.2) is 10.8 Å². The number of nitro groups is 1. The number of hydrogen-bond donors (Lipinski definition) is 1. The molecule has 126 valence electrons. The molecule has 1 N–H and O–H groups in total. The van der Waals surface area contributed by atoms with Gasteiger partial charge >= 0.3 is 0 Å². The largest absolute Gasteiger partial charge is 0.451 e. The minimum atomic E-state index is -0.472. The predicted molar refractivity (Wildman–Crippen MR) is 94.7 cm³/mol. The fourth-order valence-electron chi connectivity index (χ4n) is 2.44. The zero-order chi connectivity index (χ0) is 18.0. The van der Waals surface area contributed by atoms with Gasteiger partial charge in [-0.3, -0.25) is 14.9 Å². The van der Waals surface area contributed by atoms with E-state index in [1.54, 1.807) is 24.3 Å². The second kappa shape index (κ2) is 6.60. The van der Waals surface area contributed by atoms with Crippen molar-refractivity contribution in [2.24, 2.45) is 0 Å². The molecule has 1 amide bonds. The minimum absolute atomic E-state index is 0.0321. The Kier molecular flexibility index (Phi) is 4.35. The first-order valence-corrected chi connectivity index (χ1v) is 7.67. The summed E-state index contributed by atoms with van der Waals surface area (Å²) in [5.74, 6) is 0.169. The lowest BCUT2D eigenvalue weighted by atomic mass is 10.1. The van der Waals surface area contributed by atoms with Gasteiger partial charge in [-0.2, -0.15) is 0 Å². The Hall–Kier alpha value is -3.41. The van der Waals surface area contributed by atoms with Crippen molar-refractivity contribution in [1.29, 1.82) is 0 Å². The van der Waals surface area contributed by atoms with Crippen molar-refractivity contribution < 1.29 is 14.1 Å². The first kappa shape index (κ1) is 16.4. The first-order chi connectivity index (χ1) is 11.9. The standard InChI is InChI=1S/C19H16N2O4/c1-12-6-7-13(2)16(10-12)20-19(22)18-9-8-17(25-18)14-4-3-5-15(11-14)21(23)24/h3-11H,1-2H3,(H,20,22). The number of anilines is 1.